The van der Waals surface area contributed by atoms with E-state index in [0.717, 1.165) is 0 Å². The molecule has 0 aliphatic carbocycles. The maximum absolute atomic E-state index is 11.6. The maximum Gasteiger partial charge on any atom is 0.260 e. The lowest BCUT2D eigenvalue weighted by Gasteiger charge is -1.96. The Labute approximate surface area is 85.9 Å². The molecule has 1 N–H and O–H groups in total. The third kappa shape index (κ3) is 2.04. The molecule has 0 aliphatic heterocycles. The first-order chi connectivity index (χ1) is 7.15. The number of anilines is 1. The van der Waals surface area contributed by atoms with Crippen LogP contribution in [0, 0.1) is 6.92 Å². The van der Waals surface area contributed by atoms with Gasteiger partial charge >= 0.3 is 0 Å². The van der Waals surface area contributed by atoms with Crippen molar-refractivity contribution < 1.29 is 9.32 Å². The maximum atomic E-state index is 11.6. The van der Waals surface area contributed by atoms with Crippen LogP contribution in [0.15, 0.2) is 23.0 Å². The van der Waals surface area contributed by atoms with E-state index < -0.39 is 0 Å². The molecule has 2 rings (SSSR count). The summed E-state index contributed by atoms with van der Waals surface area (Å²) in [6, 6.07) is 1.65. The van der Waals surface area contributed by atoms with E-state index >= 15 is 0 Å². The van der Waals surface area contributed by atoms with Crippen LogP contribution in [0.2, 0.25) is 0 Å². The minimum atomic E-state index is -0.253. The number of carbonyl (C=O) groups is 1. The van der Waals surface area contributed by atoms with Crippen LogP contribution in [0.5, 0.6) is 0 Å². The molecule has 0 bridgehead atoms. The van der Waals surface area contributed by atoms with Gasteiger partial charge in [0, 0.05) is 19.3 Å². The van der Waals surface area contributed by atoms with E-state index in [1.165, 1.54) is 6.20 Å². The van der Waals surface area contributed by atoms with Crippen LogP contribution in [0.1, 0.15) is 16.1 Å². The Kier molecular flexibility index (Phi) is 2.24. The van der Waals surface area contributed by atoms with E-state index in [1.807, 2.05) is 0 Å². The van der Waals surface area contributed by atoms with Crippen molar-refractivity contribution >= 4 is 11.7 Å². The molecule has 0 radical (unpaired) electrons. The first-order valence-electron chi connectivity index (χ1n) is 4.38. The lowest BCUT2D eigenvalue weighted by Crippen LogP contribution is -2.11. The number of aromatic nitrogens is 3. The molecule has 1 amide bonds. The highest BCUT2D eigenvalue weighted by Gasteiger charge is 2.09. The Morgan fingerprint density at radius 3 is 2.93 bits per heavy atom. The molecule has 0 saturated heterocycles. The number of nitrogens with zero attached hydrogens (tertiary/aromatic N) is 3. The van der Waals surface area contributed by atoms with Crippen LogP contribution in [0.3, 0.4) is 0 Å². The Morgan fingerprint density at radius 2 is 2.40 bits per heavy atom. The van der Waals surface area contributed by atoms with Gasteiger partial charge in [0.2, 0.25) is 0 Å². The summed E-state index contributed by atoms with van der Waals surface area (Å²) in [7, 11) is 1.75. The standard InChI is InChI=1S/C9H10N4O2/c1-6-3-8(12-15-6)11-9(14)7-4-10-13(2)5-7/h3-5H,1-2H3,(H,11,12,14). The summed E-state index contributed by atoms with van der Waals surface area (Å²) in [5.41, 5.74) is 0.484. The molecule has 6 nitrogen and oxygen atoms in total. The minimum Gasteiger partial charge on any atom is -0.360 e. The topological polar surface area (TPSA) is 73.0 Å². The second-order valence-corrected chi connectivity index (χ2v) is 3.18. The largest absolute Gasteiger partial charge is 0.360 e. The zero-order chi connectivity index (χ0) is 10.8. The first-order valence-corrected chi connectivity index (χ1v) is 4.38. The summed E-state index contributed by atoms with van der Waals surface area (Å²) >= 11 is 0. The highest BCUT2D eigenvalue weighted by Crippen LogP contribution is 2.08. The van der Waals surface area contributed by atoms with Crippen LogP contribution in [0.4, 0.5) is 5.82 Å². The van der Waals surface area contributed by atoms with Crippen LogP contribution in [-0.4, -0.2) is 20.8 Å². The van der Waals surface area contributed by atoms with Gasteiger partial charge in [0.05, 0.1) is 11.8 Å². The highest BCUT2D eigenvalue weighted by molar-refractivity contribution is 6.03. The van der Waals surface area contributed by atoms with Gasteiger partial charge < -0.3 is 9.84 Å². The van der Waals surface area contributed by atoms with Crippen molar-refractivity contribution in [2.24, 2.45) is 7.05 Å². The molecule has 15 heavy (non-hydrogen) atoms. The second kappa shape index (κ2) is 3.56. The summed E-state index contributed by atoms with van der Waals surface area (Å²) in [4.78, 5) is 11.6. The van der Waals surface area contributed by atoms with Crippen LogP contribution in [0.25, 0.3) is 0 Å². The van der Waals surface area contributed by atoms with Crippen molar-refractivity contribution in [3.05, 3.63) is 29.8 Å². The molecule has 78 valence electrons. The van der Waals surface area contributed by atoms with Gasteiger partial charge in [-0.3, -0.25) is 9.48 Å². The molecule has 0 spiro atoms. The number of rotatable bonds is 2. The van der Waals surface area contributed by atoms with Crippen LogP contribution in [-0.2, 0) is 7.05 Å². The number of nitrogens with one attached hydrogen (secondary N) is 1. The van der Waals surface area contributed by atoms with Crippen molar-refractivity contribution in [1.82, 2.24) is 14.9 Å². The summed E-state index contributed by atoms with van der Waals surface area (Å²) < 4.78 is 6.38. The minimum absolute atomic E-state index is 0.253. The van der Waals surface area contributed by atoms with Crippen molar-refractivity contribution in [1.29, 1.82) is 0 Å². The fourth-order valence-corrected chi connectivity index (χ4v) is 1.15. The van der Waals surface area contributed by atoms with E-state index in [1.54, 1.807) is 30.9 Å². The normalized spacial score (nSPS) is 10.3. The van der Waals surface area contributed by atoms with Gasteiger partial charge in [0.1, 0.15) is 5.76 Å². The smallest absolute Gasteiger partial charge is 0.260 e. The number of amides is 1. The quantitative estimate of drug-likeness (QED) is 0.794. The Balaban J connectivity index is 2.10. The fourth-order valence-electron chi connectivity index (χ4n) is 1.15. The van der Waals surface area contributed by atoms with Crippen molar-refractivity contribution in [2.45, 2.75) is 6.92 Å². The number of carbonyl (C=O) groups excluding carboxylic acids is 1. The number of aryl methyl sites for hydroxylation is 2. The molecule has 0 aromatic carbocycles. The van der Waals surface area contributed by atoms with E-state index in [2.05, 4.69) is 15.6 Å². The average Bonchev–Trinajstić information content (AvgIpc) is 2.75. The summed E-state index contributed by atoms with van der Waals surface area (Å²) in [5, 5.41) is 10.1. The van der Waals surface area contributed by atoms with Gasteiger partial charge in [-0.2, -0.15) is 5.10 Å². The van der Waals surface area contributed by atoms with E-state index in [9.17, 15) is 4.79 Å². The summed E-state index contributed by atoms with van der Waals surface area (Å²) in [6.45, 7) is 1.76. The van der Waals surface area contributed by atoms with Gasteiger partial charge in [-0.25, -0.2) is 0 Å². The zero-order valence-electron chi connectivity index (χ0n) is 8.39. The van der Waals surface area contributed by atoms with Gasteiger partial charge in [-0.05, 0) is 6.92 Å². The van der Waals surface area contributed by atoms with Crippen molar-refractivity contribution in [3.63, 3.8) is 0 Å². The molecule has 0 fully saturated rings. The first kappa shape index (κ1) is 9.45. The predicted molar refractivity (Wildman–Crippen MR) is 52.4 cm³/mol. The predicted octanol–water partition coefficient (Wildman–Crippen LogP) is 0.969. The molecule has 2 aromatic heterocycles. The lowest BCUT2D eigenvalue weighted by atomic mass is 10.3. The Morgan fingerprint density at radius 1 is 1.60 bits per heavy atom. The summed E-state index contributed by atoms with van der Waals surface area (Å²) in [6.07, 6.45) is 3.12. The Bertz CT molecular complexity index is 486. The molecule has 0 atom stereocenters. The van der Waals surface area contributed by atoms with Crippen molar-refractivity contribution in [3.8, 4) is 0 Å². The van der Waals surface area contributed by atoms with Crippen molar-refractivity contribution in [2.75, 3.05) is 5.32 Å². The molecule has 6 heteroatoms. The number of hydrogen-bond acceptors (Lipinski definition) is 4. The average molecular weight is 206 g/mol. The SMILES string of the molecule is Cc1cc(NC(=O)c2cnn(C)c2)no1. The van der Waals surface area contributed by atoms with E-state index in [-0.39, 0.29) is 5.91 Å². The highest BCUT2D eigenvalue weighted by atomic mass is 16.5. The lowest BCUT2D eigenvalue weighted by molar-refractivity contribution is 0.102. The molecule has 0 saturated carbocycles. The second-order valence-electron chi connectivity index (χ2n) is 3.18. The third-order valence-electron chi connectivity index (χ3n) is 1.84. The van der Waals surface area contributed by atoms with Gasteiger partial charge in [0.15, 0.2) is 5.82 Å². The molecular weight excluding hydrogens is 196 g/mol. The fraction of sp³-hybridized carbons (Fsp3) is 0.222. The molecule has 0 unspecified atom stereocenters. The molecule has 2 heterocycles. The van der Waals surface area contributed by atoms with Gasteiger partial charge in [0.25, 0.3) is 5.91 Å². The summed E-state index contributed by atoms with van der Waals surface area (Å²) in [5.74, 6) is 0.800. The third-order valence-corrected chi connectivity index (χ3v) is 1.84. The van der Waals surface area contributed by atoms with Gasteiger partial charge in [-0.15, -0.1) is 0 Å². The Hall–Kier alpha value is -2.11. The van der Waals surface area contributed by atoms with Gasteiger partial charge in [-0.1, -0.05) is 5.16 Å². The number of hydrogen-bond donors (Lipinski definition) is 1. The van der Waals surface area contributed by atoms with E-state index in [0.29, 0.717) is 17.1 Å². The molecule has 0 aliphatic rings. The monoisotopic (exact) mass is 206 g/mol. The molecule has 2 aromatic rings. The van der Waals surface area contributed by atoms with Crippen LogP contribution >= 0.6 is 0 Å². The zero-order valence-corrected chi connectivity index (χ0v) is 8.39. The van der Waals surface area contributed by atoms with Crippen LogP contribution < -0.4 is 5.32 Å². The molecular formula is C9H10N4O2. The van der Waals surface area contributed by atoms with E-state index in [4.69, 9.17) is 4.52 Å².